The van der Waals surface area contributed by atoms with Gasteiger partial charge in [0.2, 0.25) is 5.69 Å². The Balaban J connectivity index is 2.35. The van der Waals surface area contributed by atoms with E-state index in [1.807, 2.05) is 31.1 Å². The van der Waals surface area contributed by atoms with E-state index in [4.69, 9.17) is 0 Å². The first kappa shape index (κ1) is 14.5. The molecule has 0 N–H and O–H groups in total. The van der Waals surface area contributed by atoms with Crippen molar-refractivity contribution in [3.63, 3.8) is 0 Å². The molecule has 0 aliphatic carbocycles. The number of anilines is 1. The largest absolute Gasteiger partial charge is 0.618 e. The third kappa shape index (κ3) is 3.36. The van der Waals surface area contributed by atoms with Crippen molar-refractivity contribution in [1.82, 2.24) is 0 Å². The van der Waals surface area contributed by atoms with Gasteiger partial charge in [0.15, 0.2) is 6.21 Å². The second-order valence-corrected chi connectivity index (χ2v) is 4.68. The number of hydrogen-bond acceptors (Lipinski definition) is 4. The van der Waals surface area contributed by atoms with Gasteiger partial charge >= 0.3 is 0 Å². The highest BCUT2D eigenvalue weighted by Crippen LogP contribution is 2.19. The lowest BCUT2D eigenvalue weighted by molar-refractivity contribution is -0.386. The molecule has 0 aliphatic rings. The van der Waals surface area contributed by atoms with E-state index in [0.29, 0.717) is 10.4 Å². The molecule has 0 amide bonds. The normalized spacial score (nSPS) is 11.2. The van der Waals surface area contributed by atoms with Crippen molar-refractivity contribution in [1.29, 1.82) is 0 Å². The highest BCUT2D eigenvalue weighted by Gasteiger charge is 2.14. The van der Waals surface area contributed by atoms with E-state index < -0.39 is 4.92 Å². The molecule has 2 aromatic rings. The van der Waals surface area contributed by atoms with Gasteiger partial charge in [-0.15, -0.1) is 0 Å². The van der Waals surface area contributed by atoms with E-state index in [1.54, 1.807) is 24.3 Å². The van der Waals surface area contributed by atoms with Crippen molar-refractivity contribution in [3.8, 4) is 0 Å². The lowest BCUT2D eigenvalue weighted by atomic mass is 10.2. The first-order valence-electron chi connectivity index (χ1n) is 6.31. The molecule has 0 spiro atoms. The number of benzene rings is 2. The molecular formula is C15H15N3O3. The van der Waals surface area contributed by atoms with Crippen LogP contribution < -0.4 is 4.90 Å². The average molecular weight is 285 g/mol. The van der Waals surface area contributed by atoms with Crippen LogP contribution in [-0.2, 0) is 0 Å². The van der Waals surface area contributed by atoms with Crippen LogP contribution in [0.25, 0.3) is 0 Å². The van der Waals surface area contributed by atoms with Gasteiger partial charge in [0.1, 0.15) is 5.56 Å². The van der Waals surface area contributed by atoms with Crippen molar-refractivity contribution in [2.45, 2.75) is 0 Å². The average Bonchev–Trinajstić information content (AvgIpc) is 2.47. The maximum Gasteiger partial charge on any atom is 0.282 e. The second-order valence-electron chi connectivity index (χ2n) is 4.68. The van der Waals surface area contributed by atoms with E-state index in [0.717, 1.165) is 5.69 Å². The lowest BCUT2D eigenvalue weighted by Crippen LogP contribution is -2.08. The zero-order chi connectivity index (χ0) is 15.4. The Hall–Kier alpha value is -2.89. The summed E-state index contributed by atoms with van der Waals surface area (Å²) < 4.78 is 0.627. The zero-order valence-corrected chi connectivity index (χ0v) is 11.8. The fourth-order valence-electron chi connectivity index (χ4n) is 1.86. The molecular weight excluding hydrogens is 270 g/mol. The van der Waals surface area contributed by atoms with Gasteiger partial charge in [-0.3, -0.25) is 10.1 Å². The number of hydrogen-bond donors (Lipinski definition) is 0. The van der Waals surface area contributed by atoms with Crippen LogP contribution in [-0.4, -0.2) is 30.0 Å². The highest BCUT2D eigenvalue weighted by atomic mass is 16.6. The smallest absolute Gasteiger partial charge is 0.282 e. The van der Waals surface area contributed by atoms with E-state index in [2.05, 4.69) is 0 Å². The predicted molar refractivity (Wildman–Crippen MR) is 82.3 cm³/mol. The maximum absolute atomic E-state index is 12.1. The number of nitrogens with zero attached hydrogens (tertiary/aromatic N) is 3. The number of nitro groups is 1. The minimum absolute atomic E-state index is 0.0942. The van der Waals surface area contributed by atoms with E-state index in [-0.39, 0.29) is 11.3 Å². The van der Waals surface area contributed by atoms with Crippen LogP contribution in [0, 0.1) is 15.3 Å². The summed E-state index contributed by atoms with van der Waals surface area (Å²) >= 11 is 0. The van der Waals surface area contributed by atoms with Gasteiger partial charge in [-0.05, 0) is 18.2 Å². The van der Waals surface area contributed by atoms with Gasteiger partial charge in [0, 0.05) is 38.0 Å². The number of rotatable bonds is 4. The Morgan fingerprint density at radius 1 is 1.00 bits per heavy atom. The summed E-state index contributed by atoms with van der Waals surface area (Å²) in [6, 6.07) is 13.1. The molecule has 0 fully saturated rings. The van der Waals surface area contributed by atoms with Crippen LogP contribution in [0.15, 0.2) is 48.5 Å². The topological polar surface area (TPSA) is 72.5 Å². The Morgan fingerprint density at radius 2 is 1.62 bits per heavy atom. The summed E-state index contributed by atoms with van der Waals surface area (Å²) in [6.07, 6.45) is 1.21. The second kappa shape index (κ2) is 6.04. The molecule has 21 heavy (non-hydrogen) atoms. The van der Waals surface area contributed by atoms with Crippen LogP contribution >= 0.6 is 0 Å². The Labute approximate surface area is 122 Å². The number of nitro benzene ring substituents is 1. The summed E-state index contributed by atoms with van der Waals surface area (Å²) in [4.78, 5) is 12.3. The summed E-state index contributed by atoms with van der Waals surface area (Å²) in [5.74, 6) is 0. The molecule has 0 saturated carbocycles. The Morgan fingerprint density at radius 3 is 2.19 bits per heavy atom. The van der Waals surface area contributed by atoms with Crippen LogP contribution in [0.2, 0.25) is 0 Å². The minimum atomic E-state index is -0.505. The molecule has 0 aromatic heterocycles. The first-order chi connectivity index (χ1) is 9.99. The van der Waals surface area contributed by atoms with Crippen molar-refractivity contribution >= 4 is 23.3 Å². The molecule has 6 heteroatoms. The molecule has 0 unspecified atom stereocenters. The van der Waals surface area contributed by atoms with Crippen molar-refractivity contribution in [3.05, 3.63) is 69.4 Å². The van der Waals surface area contributed by atoms with Gasteiger partial charge in [0.05, 0.1) is 4.92 Å². The molecule has 2 aromatic carbocycles. The molecule has 0 saturated heterocycles. The van der Waals surface area contributed by atoms with Gasteiger partial charge in [-0.25, -0.2) is 0 Å². The van der Waals surface area contributed by atoms with Crippen molar-refractivity contribution in [2.75, 3.05) is 19.0 Å². The van der Waals surface area contributed by atoms with Crippen molar-refractivity contribution in [2.24, 2.45) is 0 Å². The molecule has 2 rings (SSSR count). The van der Waals surface area contributed by atoms with Gasteiger partial charge in [0.25, 0.3) is 5.69 Å². The third-order valence-electron chi connectivity index (χ3n) is 3.01. The summed E-state index contributed by atoms with van der Waals surface area (Å²) in [7, 11) is 3.81. The van der Waals surface area contributed by atoms with Crippen LogP contribution in [0.5, 0.6) is 0 Å². The monoisotopic (exact) mass is 285 g/mol. The lowest BCUT2D eigenvalue weighted by Gasteiger charge is -2.12. The van der Waals surface area contributed by atoms with Crippen LogP contribution in [0.1, 0.15) is 5.56 Å². The third-order valence-corrected chi connectivity index (χ3v) is 3.01. The molecule has 0 heterocycles. The molecule has 0 aliphatic heterocycles. The SMILES string of the molecule is CN(C)c1ccc([N+]([O-])=Cc2ccccc2[N+](=O)[O-])cc1. The van der Waals surface area contributed by atoms with E-state index >= 15 is 0 Å². The standard InChI is InChI=1S/C15H15N3O3/c1-16(2)13-7-9-14(10-8-13)17(19)11-12-5-3-4-6-15(12)18(20)21/h3-11H,1-2H3. The maximum atomic E-state index is 12.1. The van der Waals surface area contributed by atoms with Gasteiger partial charge < -0.3 is 10.1 Å². The molecule has 0 atom stereocenters. The summed E-state index contributed by atoms with van der Waals surface area (Å²) in [6.45, 7) is 0. The fourth-order valence-corrected chi connectivity index (χ4v) is 1.86. The molecule has 0 radical (unpaired) electrons. The van der Waals surface area contributed by atoms with Crippen LogP contribution in [0.3, 0.4) is 0 Å². The Kier molecular flexibility index (Phi) is 4.18. The molecule has 0 bridgehead atoms. The molecule has 108 valence electrons. The highest BCUT2D eigenvalue weighted by molar-refractivity contribution is 5.82. The molecule has 6 nitrogen and oxygen atoms in total. The quantitative estimate of drug-likeness (QED) is 0.285. The van der Waals surface area contributed by atoms with Crippen LogP contribution in [0.4, 0.5) is 17.1 Å². The fraction of sp³-hybridized carbons (Fsp3) is 0.133. The minimum Gasteiger partial charge on any atom is -0.618 e. The predicted octanol–water partition coefficient (Wildman–Crippen LogP) is 2.92. The van der Waals surface area contributed by atoms with Gasteiger partial charge in [-0.2, -0.15) is 4.74 Å². The Bertz CT molecular complexity index is 679. The summed E-state index contributed by atoms with van der Waals surface area (Å²) in [5.41, 5.74) is 1.56. The van der Waals surface area contributed by atoms with Crippen molar-refractivity contribution < 1.29 is 9.66 Å². The summed E-state index contributed by atoms with van der Waals surface area (Å²) in [5, 5.41) is 23.0. The first-order valence-corrected chi connectivity index (χ1v) is 6.31. The number of para-hydroxylation sites is 1. The van der Waals surface area contributed by atoms with Gasteiger partial charge in [-0.1, -0.05) is 12.1 Å². The van der Waals surface area contributed by atoms with E-state index in [1.165, 1.54) is 18.3 Å². The van der Waals surface area contributed by atoms with E-state index in [9.17, 15) is 15.3 Å². The zero-order valence-electron chi connectivity index (χ0n) is 11.8.